The number of fused-ring (bicyclic) bond motifs is 1. The summed E-state index contributed by atoms with van der Waals surface area (Å²) in [6, 6.07) is 1.89. The van der Waals surface area contributed by atoms with Crippen molar-refractivity contribution in [1.29, 1.82) is 0 Å². The van der Waals surface area contributed by atoms with Gasteiger partial charge >= 0.3 is 11.9 Å². The molecular formula is C17H22O5. The molecule has 120 valence electrons. The normalized spacial score (nSPS) is 18.4. The third-order valence-electron chi connectivity index (χ3n) is 4.69. The van der Waals surface area contributed by atoms with E-state index in [1.54, 1.807) is 6.92 Å². The van der Waals surface area contributed by atoms with Crippen LogP contribution < -0.4 is 4.74 Å². The Balaban J connectivity index is 2.32. The molecule has 1 aromatic carbocycles. The summed E-state index contributed by atoms with van der Waals surface area (Å²) in [6.07, 6.45) is 2.44. The minimum absolute atomic E-state index is 0.109. The van der Waals surface area contributed by atoms with E-state index in [0.717, 1.165) is 29.5 Å². The summed E-state index contributed by atoms with van der Waals surface area (Å²) in [4.78, 5) is 21.9. The highest BCUT2D eigenvalue weighted by Gasteiger charge is 2.30. The zero-order valence-electron chi connectivity index (χ0n) is 13.2. The molecule has 0 spiro atoms. The highest BCUT2D eigenvalue weighted by molar-refractivity contribution is 5.70. The summed E-state index contributed by atoms with van der Waals surface area (Å²) in [6.45, 7) is 5.30. The average Bonchev–Trinajstić information content (AvgIpc) is 2.48. The van der Waals surface area contributed by atoms with Gasteiger partial charge in [-0.15, -0.1) is 0 Å². The third-order valence-corrected chi connectivity index (χ3v) is 4.69. The van der Waals surface area contributed by atoms with Gasteiger partial charge < -0.3 is 14.9 Å². The Bertz CT molecular complexity index is 606. The van der Waals surface area contributed by atoms with Crippen LogP contribution in [0.25, 0.3) is 0 Å². The van der Waals surface area contributed by atoms with Gasteiger partial charge in [0.2, 0.25) is 0 Å². The number of carboxylic acids is 2. The molecule has 22 heavy (non-hydrogen) atoms. The topological polar surface area (TPSA) is 83.8 Å². The first-order valence-corrected chi connectivity index (χ1v) is 7.50. The number of hydrogen-bond acceptors (Lipinski definition) is 3. The second-order valence-electron chi connectivity index (χ2n) is 6.09. The van der Waals surface area contributed by atoms with E-state index in [9.17, 15) is 14.7 Å². The van der Waals surface area contributed by atoms with Gasteiger partial charge in [-0.25, -0.2) is 4.79 Å². The second kappa shape index (κ2) is 6.38. The summed E-state index contributed by atoms with van der Waals surface area (Å²) >= 11 is 0. The number of aryl methyl sites for hydroxylation is 1. The lowest BCUT2D eigenvalue weighted by atomic mass is 9.75. The number of benzene rings is 1. The number of rotatable bonds is 5. The molecule has 0 fully saturated rings. The molecule has 1 aromatic rings. The Labute approximate surface area is 129 Å². The van der Waals surface area contributed by atoms with E-state index in [4.69, 9.17) is 9.84 Å². The van der Waals surface area contributed by atoms with Gasteiger partial charge in [0.1, 0.15) is 5.75 Å². The Morgan fingerprint density at radius 2 is 2.00 bits per heavy atom. The third kappa shape index (κ3) is 3.24. The molecule has 0 aliphatic heterocycles. The predicted molar refractivity (Wildman–Crippen MR) is 81.4 cm³/mol. The fraction of sp³-hybridized carbons (Fsp3) is 0.529. The van der Waals surface area contributed by atoms with Crippen molar-refractivity contribution in [3.8, 4) is 5.75 Å². The van der Waals surface area contributed by atoms with E-state index in [0.29, 0.717) is 12.2 Å². The lowest BCUT2D eigenvalue weighted by molar-refractivity contribution is -0.143. The molecule has 5 nitrogen and oxygen atoms in total. The monoisotopic (exact) mass is 306 g/mol. The first kappa shape index (κ1) is 16.3. The lowest BCUT2D eigenvalue weighted by Crippen LogP contribution is -2.27. The van der Waals surface area contributed by atoms with Gasteiger partial charge in [0.05, 0.1) is 5.92 Å². The maximum atomic E-state index is 11.2. The predicted octanol–water partition coefficient (Wildman–Crippen LogP) is 2.59. The van der Waals surface area contributed by atoms with Gasteiger partial charge in [-0.3, -0.25) is 4.79 Å². The molecule has 2 atom stereocenters. The molecule has 0 saturated carbocycles. The molecule has 1 aliphatic carbocycles. The maximum absolute atomic E-state index is 11.2. The minimum atomic E-state index is -1.01. The molecule has 0 aromatic heterocycles. The molecule has 5 heteroatoms. The Morgan fingerprint density at radius 1 is 1.32 bits per heavy atom. The fourth-order valence-electron chi connectivity index (χ4n) is 3.24. The smallest absolute Gasteiger partial charge is 0.341 e. The molecule has 0 unspecified atom stereocenters. The van der Waals surface area contributed by atoms with Crippen LogP contribution in [-0.4, -0.2) is 28.8 Å². The minimum Gasteiger partial charge on any atom is -0.482 e. The average molecular weight is 306 g/mol. The van der Waals surface area contributed by atoms with Gasteiger partial charge in [-0.1, -0.05) is 6.92 Å². The van der Waals surface area contributed by atoms with Gasteiger partial charge in [-0.2, -0.15) is 0 Å². The standard InChI is InChI=1S/C17H22O5/c1-9-6-15(22-8-16(18)19)11(3)14-7-12(4-5-13(9)14)10(2)17(20)21/h6,10,12H,4-5,7-8H2,1-3H3,(H,18,19)(H,20,21)/t10-,12+/m0/s1. The molecule has 2 N–H and O–H groups in total. The van der Waals surface area contributed by atoms with E-state index < -0.39 is 11.9 Å². The first-order valence-electron chi connectivity index (χ1n) is 7.50. The fourth-order valence-corrected chi connectivity index (χ4v) is 3.24. The zero-order valence-corrected chi connectivity index (χ0v) is 13.2. The van der Waals surface area contributed by atoms with Crippen LogP contribution in [0, 0.1) is 25.7 Å². The van der Waals surface area contributed by atoms with Crippen LogP contribution >= 0.6 is 0 Å². The van der Waals surface area contributed by atoms with Crippen LogP contribution in [0.15, 0.2) is 6.07 Å². The van der Waals surface area contributed by atoms with E-state index >= 15 is 0 Å². The van der Waals surface area contributed by atoms with Crippen LogP contribution in [0.3, 0.4) is 0 Å². The number of ether oxygens (including phenoxy) is 1. The molecule has 0 bridgehead atoms. The largest absolute Gasteiger partial charge is 0.482 e. The molecule has 1 aliphatic rings. The maximum Gasteiger partial charge on any atom is 0.341 e. The molecule has 0 heterocycles. The van der Waals surface area contributed by atoms with Crippen molar-refractivity contribution >= 4 is 11.9 Å². The zero-order chi connectivity index (χ0) is 16.4. The number of aliphatic carboxylic acids is 2. The number of carboxylic acid groups (broad SMARTS) is 2. The molecule has 0 amide bonds. The van der Waals surface area contributed by atoms with E-state index in [-0.39, 0.29) is 18.4 Å². The van der Waals surface area contributed by atoms with Crippen molar-refractivity contribution in [2.24, 2.45) is 11.8 Å². The summed E-state index contributed by atoms with van der Waals surface area (Å²) in [5, 5.41) is 18.0. The highest BCUT2D eigenvalue weighted by Crippen LogP contribution is 2.37. The van der Waals surface area contributed by atoms with Crippen LogP contribution in [0.5, 0.6) is 5.75 Å². The Kier molecular flexibility index (Phi) is 4.74. The van der Waals surface area contributed by atoms with E-state index in [1.165, 1.54) is 5.56 Å². The van der Waals surface area contributed by atoms with Crippen LogP contribution in [0.4, 0.5) is 0 Å². The van der Waals surface area contributed by atoms with Crippen molar-refractivity contribution in [1.82, 2.24) is 0 Å². The van der Waals surface area contributed by atoms with Crippen LogP contribution in [-0.2, 0) is 22.4 Å². The van der Waals surface area contributed by atoms with Crippen molar-refractivity contribution in [3.63, 3.8) is 0 Å². The summed E-state index contributed by atoms with van der Waals surface area (Å²) in [5.41, 5.74) is 4.41. The second-order valence-corrected chi connectivity index (χ2v) is 6.09. The lowest BCUT2D eigenvalue weighted by Gasteiger charge is -2.30. The van der Waals surface area contributed by atoms with Crippen molar-refractivity contribution < 1.29 is 24.5 Å². The molecular weight excluding hydrogens is 284 g/mol. The highest BCUT2D eigenvalue weighted by atomic mass is 16.5. The summed E-state index contributed by atoms with van der Waals surface area (Å²) in [7, 11) is 0. The molecule has 0 radical (unpaired) electrons. The SMILES string of the molecule is Cc1cc(OCC(=O)O)c(C)c2c1CC[C@@H]([C@H](C)C(=O)O)C2. The van der Waals surface area contributed by atoms with Crippen molar-refractivity contribution in [2.75, 3.05) is 6.61 Å². The number of hydrogen-bond donors (Lipinski definition) is 2. The molecule has 0 saturated heterocycles. The van der Waals surface area contributed by atoms with Gasteiger partial charge in [0, 0.05) is 0 Å². The van der Waals surface area contributed by atoms with Crippen LogP contribution in [0.2, 0.25) is 0 Å². The Hall–Kier alpha value is -2.04. The summed E-state index contributed by atoms with van der Waals surface area (Å²) < 4.78 is 5.37. The van der Waals surface area contributed by atoms with Gasteiger partial charge in [0.15, 0.2) is 6.61 Å². The number of carbonyl (C=O) groups is 2. The van der Waals surface area contributed by atoms with Gasteiger partial charge in [0.25, 0.3) is 0 Å². The van der Waals surface area contributed by atoms with E-state index in [1.807, 2.05) is 19.9 Å². The van der Waals surface area contributed by atoms with Crippen LogP contribution in [0.1, 0.15) is 35.6 Å². The van der Waals surface area contributed by atoms with Crippen molar-refractivity contribution in [3.05, 3.63) is 28.3 Å². The van der Waals surface area contributed by atoms with E-state index in [2.05, 4.69) is 0 Å². The molecule has 2 rings (SSSR count). The Morgan fingerprint density at radius 3 is 2.59 bits per heavy atom. The van der Waals surface area contributed by atoms with Crippen molar-refractivity contribution in [2.45, 2.75) is 40.0 Å². The summed E-state index contributed by atoms with van der Waals surface area (Å²) in [5.74, 6) is -1.45. The first-order chi connectivity index (χ1) is 10.3. The quantitative estimate of drug-likeness (QED) is 0.873. The van der Waals surface area contributed by atoms with Gasteiger partial charge in [-0.05, 0) is 67.3 Å².